The molecule has 0 radical (unpaired) electrons. The first-order valence-corrected chi connectivity index (χ1v) is 12.0. The van der Waals surface area contributed by atoms with Crippen LogP contribution in [0.15, 0.2) is 67.0 Å². The van der Waals surface area contributed by atoms with Gasteiger partial charge in [0.25, 0.3) is 5.91 Å². The van der Waals surface area contributed by atoms with Crippen LogP contribution >= 0.6 is 11.6 Å². The topological polar surface area (TPSA) is 57.6 Å². The Hall–Kier alpha value is -3.25. The summed E-state index contributed by atoms with van der Waals surface area (Å²) in [6, 6.07) is 15.5. The van der Waals surface area contributed by atoms with Crippen molar-refractivity contribution in [3.63, 3.8) is 0 Å². The maximum absolute atomic E-state index is 13.5. The minimum absolute atomic E-state index is 0.0116. The Bertz CT molecular complexity index is 1200. The van der Waals surface area contributed by atoms with Crippen LogP contribution in [0.3, 0.4) is 0 Å². The number of likely N-dealkylation sites (N-methyl/N-ethyl adjacent to an activating group) is 2. The van der Waals surface area contributed by atoms with Gasteiger partial charge in [-0.05, 0) is 49.2 Å². The van der Waals surface area contributed by atoms with Crippen molar-refractivity contribution >= 4 is 34.3 Å². The zero-order valence-corrected chi connectivity index (χ0v) is 20.6. The molecule has 6 nitrogen and oxygen atoms in total. The number of benzene rings is 2. The van der Waals surface area contributed by atoms with Gasteiger partial charge in [0.15, 0.2) is 0 Å². The zero-order valence-electron chi connectivity index (χ0n) is 19.9. The van der Waals surface area contributed by atoms with Crippen LogP contribution in [-0.2, 0) is 18.3 Å². The molecule has 34 heavy (non-hydrogen) atoms. The fourth-order valence-electron chi connectivity index (χ4n) is 4.55. The lowest BCUT2D eigenvalue weighted by Gasteiger charge is -2.29. The number of nitrogens with one attached hydrogen (secondary N) is 1. The summed E-state index contributed by atoms with van der Waals surface area (Å²) in [5.41, 5.74) is 2.62. The maximum atomic E-state index is 13.5. The van der Waals surface area contributed by atoms with Gasteiger partial charge in [0.2, 0.25) is 5.91 Å². The Balaban J connectivity index is 1.50. The van der Waals surface area contributed by atoms with Crippen LogP contribution in [-0.4, -0.2) is 58.9 Å². The van der Waals surface area contributed by atoms with Crippen molar-refractivity contribution in [3.05, 3.63) is 83.2 Å². The number of rotatable bonds is 8. The first kappa shape index (κ1) is 23.9. The Labute approximate surface area is 205 Å². The quantitative estimate of drug-likeness (QED) is 0.527. The van der Waals surface area contributed by atoms with E-state index in [0.29, 0.717) is 36.4 Å². The van der Waals surface area contributed by atoms with Crippen LogP contribution in [0.4, 0.5) is 0 Å². The number of hydrogen-bond donors (Lipinski definition) is 1. The van der Waals surface area contributed by atoms with E-state index in [1.165, 1.54) is 0 Å². The van der Waals surface area contributed by atoms with E-state index in [-0.39, 0.29) is 23.9 Å². The van der Waals surface area contributed by atoms with Gasteiger partial charge < -0.3 is 19.7 Å². The van der Waals surface area contributed by atoms with Crippen molar-refractivity contribution in [2.24, 2.45) is 7.05 Å². The molecule has 1 aliphatic rings. The molecule has 1 unspecified atom stereocenters. The molecule has 1 aromatic heterocycles. The van der Waals surface area contributed by atoms with E-state index in [1.807, 2.05) is 79.4 Å². The summed E-state index contributed by atoms with van der Waals surface area (Å²) in [6.07, 6.45) is 7.92. The van der Waals surface area contributed by atoms with Crippen molar-refractivity contribution in [1.29, 1.82) is 0 Å². The monoisotopic (exact) mass is 478 g/mol. The van der Waals surface area contributed by atoms with E-state index in [4.69, 9.17) is 11.6 Å². The molecule has 2 atom stereocenters. The molecule has 0 fully saturated rings. The highest BCUT2D eigenvalue weighted by Gasteiger charge is 2.26. The molecular weight excluding hydrogens is 448 g/mol. The fourth-order valence-corrected chi connectivity index (χ4v) is 4.86. The highest BCUT2D eigenvalue weighted by Crippen LogP contribution is 2.29. The van der Waals surface area contributed by atoms with Gasteiger partial charge in [-0.2, -0.15) is 0 Å². The maximum Gasteiger partial charge on any atom is 0.255 e. The van der Waals surface area contributed by atoms with Gasteiger partial charge in [0, 0.05) is 50.8 Å². The van der Waals surface area contributed by atoms with Crippen molar-refractivity contribution in [2.45, 2.75) is 31.3 Å². The second-order valence-electron chi connectivity index (χ2n) is 8.93. The normalized spacial score (nSPS) is 16.1. The van der Waals surface area contributed by atoms with E-state index >= 15 is 0 Å². The third-order valence-electron chi connectivity index (χ3n) is 6.69. The zero-order chi connectivity index (χ0) is 24.2. The SMILES string of the molecule is CN1C=CCC1C(=O)NCC[C@H](Cc1ccccc1)N(C)C(=O)c1ccc2c(ccn2C)c1Cl. The number of fused-ring (bicyclic) bond motifs is 1. The van der Waals surface area contributed by atoms with E-state index in [2.05, 4.69) is 17.4 Å². The molecule has 2 heterocycles. The summed E-state index contributed by atoms with van der Waals surface area (Å²) in [5.74, 6) is -0.111. The number of hydrogen-bond acceptors (Lipinski definition) is 3. The molecule has 2 amide bonds. The van der Waals surface area contributed by atoms with Crippen LogP contribution in [0.1, 0.15) is 28.8 Å². The van der Waals surface area contributed by atoms with E-state index in [9.17, 15) is 9.59 Å². The largest absolute Gasteiger partial charge is 0.369 e. The van der Waals surface area contributed by atoms with Crippen LogP contribution in [0.25, 0.3) is 10.9 Å². The lowest BCUT2D eigenvalue weighted by Crippen LogP contribution is -2.44. The standard InChI is InChI=1S/C27H31ClN4O2/c1-30-16-7-10-24(30)26(33)29-15-13-20(18-19-8-5-4-6-9-19)32(3)27(34)22-11-12-23-21(25(22)28)14-17-31(23)2/h4-9,11-12,14,16-17,20,24H,10,13,15,18H2,1-3H3,(H,29,33)/t20-,24?/m1/s1. The van der Waals surface area contributed by atoms with Crippen LogP contribution in [0.2, 0.25) is 5.02 Å². The molecule has 7 heteroatoms. The Morgan fingerprint density at radius 1 is 1.15 bits per heavy atom. The van der Waals surface area contributed by atoms with Crippen LogP contribution < -0.4 is 5.32 Å². The summed E-state index contributed by atoms with van der Waals surface area (Å²) in [5, 5.41) is 4.39. The smallest absolute Gasteiger partial charge is 0.255 e. The Kier molecular flexibility index (Phi) is 7.27. The lowest BCUT2D eigenvalue weighted by atomic mass is 10.0. The van der Waals surface area contributed by atoms with Gasteiger partial charge in [-0.25, -0.2) is 0 Å². The molecule has 4 rings (SSSR count). The predicted molar refractivity (Wildman–Crippen MR) is 137 cm³/mol. The molecule has 0 aliphatic carbocycles. The molecule has 1 aliphatic heterocycles. The third-order valence-corrected chi connectivity index (χ3v) is 7.09. The van der Waals surface area contributed by atoms with Gasteiger partial charge in [-0.3, -0.25) is 9.59 Å². The second kappa shape index (κ2) is 10.3. The number of carbonyl (C=O) groups excluding carboxylic acids is 2. The number of aromatic nitrogens is 1. The van der Waals surface area contributed by atoms with E-state index < -0.39 is 0 Å². The van der Waals surface area contributed by atoms with Crippen LogP contribution in [0.5, 0.6) is 0 Å². The fraction of sp³-hybridized carbons (Fsp3) is 0.333. The highest BCUT2D eigenvalue weighted by atomic mass is 35.5. The molecule has 178 valence electrons. The van der Waals surface area contributed by atoms with Crippen LogP contribution in [0, 0.1) is 0 Å². The lowest BCUT2D eigenvalue weighted by molar-refractivity contribution is -0.124. The average molecular weight is 479 g/mol. The Morgan fingerprint density at radius 3 is 2.62 bits per heavy atom. The number of carbonyl (C=O) groups is 2. The van der Waals surface area contributed by atoms with E-state index in [0.717, 1.165) is 16.5 Å². The van der Waals surface area contributed by atoms with E-state index in [1.54, 1.807) is 11.0 Å². The summed E-state index contributed by atoms with van der Waals surface area (Å²) in [4.78, 5) is 29.8. The first-order chi connectivity index (χ1) is 16.4. The average Bonchev–Trinajstić information content (AvgIpc) is 3.44. The van der Waals surface area contributed by atoms with Gasteiger partial charge in [0.05, 0.1) is 10.6 Å². The number of halogens is 1. The van der Waals surface area contributed by atoms with Crippen molar-refractivity contribution < 1.29 is 9.59 Å². The molecule has 0 saturated carbocycles. The molecule has 3 aromatic rings. The summed E-state index contributed by atoms with van der Waals surface area (Å²) in [6.45, 7) is 0.490. The highest BCUT2D eigenvalue weighted by molar-refractivity contribution is 6.38. The predicted octanol–water partition coefficient (Wildman–Crippen LogP) is 4.24. The van der Waals surface area contributed by atoms with Gasteiger partial charge >= 0.3 is 0 Å². The van der Waals surface area contributed by atoms with Crippen molar-refractivity contribution in [3.8, 4) is 0 Å². The van der Waals surface area contributed by atoms with Crippen molar-refractivity contribution in [1.82, 2.24) is 19.7 Å². The molecule has 0 spiro atoms. The molecule has 0 bridgehead atoms. The third kappa shape index (κ3) is 4.97. The minimum Gasteiger partial charge on any atom is -0.369 e. The number of amides is 2. The molecule has 2 aromatic carbocycles. The summed E-state index contributed by atoms with van der Waals surface area (Å²) < 4.78 is 1.98. The van der Waals surface area contributed by atoms with Gasteiger partial charge in [-0.1, -0.05) is 48.0 Å². The second-order valence-corrected chi connectivity index (χ2v) is 9.31. The summed E-state index contributed by atoms with van der Waals surface area (Å²) >= 11 is 6.66. The Morgan fingerprint density at radius 2 is 1.91 bits per heavy atom. The number of nitrogens with zero attached hydrogens (tertiary/aromatic N) is 3. The number of aryl methyl sites for hydroxylation is 1. The minimum atomic E-state index is -0.164. The van der Waals surface area contributed by atoms with Crippen molar-refractivity contribution in [2.75, 3.05) is 20.6 Å². The van der Waals surface area contributed by atoms with Gasteiger partial charge in [0.1, 0.15) is 6.04 Å². The molecule has 1 N–H and O–H groups in total. The molecular formula is C27H31ClN4O2. The summed E-state index contributed by atoms with van der Waals surface area (Å²) in [7, 11) is 5.68. The first-order valence-electron chi connectivity index (χ1n) is 11.6. The van der Waals surface area contributed by atoms with Gasteiger partial charge in [-0.15, -0.1) is 0 Å². The molecule has 0 saturated heterocycles.